The second-order valence-electron chi connectivity index (χ2n) is 9.91. The fourth-order valence-corrected chi connectivity index (χ4v) is 5.94. The van der Waals surface area contributed by atoms with Crippen LogP contribution in [-0.2, 0) is 6.54 Å². The molecule has 162 valence electrons. The molecule has 0 spiro atoms. The van der Waals surface area contributed by atoms with Crippen LogP contribution in [0, 0.1) is 23.7 Å². The van der Waals surface area contributed by atoms with Crippen molar-refractivity contribution in [3.8, 4) is 5.88 Å². The van der Waals surface area contributed by atoms with E-state index < -0.39 is 0 Å². The van der Waals surface area contributed by atoms with Gasteiger partial charge in [-0.25, -0.2) is 4.68 Å². The second kappa shape index (κ2) is 7.68. The Morgan fingerprint density at radius 2 is 2.10 bits per heavy atom. The molecule has 4 fully saturated rings. The monoisotopic (exact) mass is 411 g/mol. The van der Waals surface area contributed by atoms with E-state index in [2.05, 4.69) is 26.7 Å². The molecule has 2 heterocycles. The van der Waals surface area contributed by atoms with Gasteiger partial charge in [0.1, 0.15) is 5.56 Å². The van der Waals surface area contributed by atoms with Gasteiger partial charge < -0.3 is 15.4 Å². The summed E-state index contributed by atoms with van der Waals surface area (Å²) in [4.78, 5) is 15.7. The number of allylic oxidation sites excluding steroid dienone is 1. The van der Waals surface area contributed by atoms with E-state index in [9.17, 15) is 4.79 Å². The Morgan fingerprint density at radius 1 is 1.23 bits per heavy atom. The molecule has 0 aromatic carbocycles. The first kappa shape index (κ1) is 18.9. The van der Waals surface area contributed by atoms with Gasteiger partial charge >= 0.3 is 0 Å². The summed E-state index contributed by atoms with van der Waals surface area (Å²) in [5.41, 5.74) is 2.22. The van der Waals surface area contributed by atoms with Crippen molar-refractivity contribution in [1.29, 1.82) is 0 Å². The highest BCUT2D eigenvalue weighted by molar-refractivity contribution is 5.96. The molecule has 1 saturated heterocycles. The van der Waals surface area contributed by atoms with Crippen LogP contribution in [0.2, 0.25) is 0 Å². The van der Waals surface area contributed by atoms with Crippen LogP contribution in [0.15, 0.2) is 17.8 Å². The van der Waals surface area contributed by atoms with E-state index >= 15 is 0 Å². The average molecular weight is 412 g/mol. The number of aromatic nitrogens is 2. The minimum Gasteiger partial charge on any atom is -0.477 e. The zero-order valence-electron chi connectivity index (χ0n) is 17.7. The topological polar surface area (TPSA) is 71.4 Å². The van der Waals surface area contributed by atoms with Gasteiger partial charge in [0.2, 0.25) is 5.88 Å². The van der Waals surface area contributed by atoms with E-state index in [1.165, 1.54) is 25.7 Å². The van der Waals surface area contributed by atoms with E-state index in [-0.39, 0.29) is 5.91 Å². The number of hydrogen-bond donors (Lipinski definition) is 2. The van der Waals surface area contributed by atoms with Gasteiger partial charge in [-0.15, -0.1) is 0 Å². The van der Waals surface area contributed by atoms with E-state index in [0.29, 0.717) is 41.8 Å². The molecule has 30 heavy (non-hydrogen) atoms. The zero-order chi connectivity index (χ0) is 20.1. The molecule has 4 atom stereocenters. The first-order valence-corrected chi connectivity index (χ1v) is 11.9. The number of carbonyl (C=O) groups is 1. The number of hydrogen-bond acceptors (Lipinski definition) is 5. The van der Waals surface area contributed by atoms with Crippen LogP contribution in [0.3, 0.4) is 0 Å². The summed E-state index contributed by atoms with van der Waals surface area (Å²) in [7, 11) is 0. The van der Waals surface area contributed by atoms with Crippen molar-refractivity contribution in [3.05, 3.63) is 23.4 Å². The molecule has 3 saturated carbocycles. The van der Waals surface area contributed by atoms with Gasteiger partial charge in [0.25, 0.3) is 5.91 Å². The van der Waals surface area contributed by atoms with Crippen LogP contribution in [0.4, 0.5) is 0 Å². The van der Waals surface area contributed by atoms with Crippen molar-refractivity contribution >= 4 is 5.91 Å². The Morgan fingerprint density at radius 3 is 2.83 bits per heavy atom. The maximum absolute atomic E-state index is 13.3. The van der Waals surface area contributed by atoms with Crippen LogP contribution in [0.25, 0.3) is 0 Å². The number of ether oxygens (including phenoxy) is 1. The largest absolute Gasteiger partial charge is 0.477 e. The molecule has 4 bridgehead atoms. The minimum atomic E-state index is -0.00387. The number of piperazine rings is 1. The van der Waals surface area contributed by atoms with Crippen LogP contribution < -0.4 is 15.4 Å². The van der Waals surface area contributed by atoms with Gasteiger partial charge in [0.05, 0.1) is 19.3 Å². The summed E-state index contributed by atoms with van der Waals surface area (Å²) >= 11 is 0. The molecule has 7 nitrogen and oxygen atoms in total. The highest BCUT2D eigenvalue weighted by Gasteiger charge is 2.52. The highest BCUT2D eigenvalue weighted by Crippen LogP contribution is 2.57. The lowest BCUT2D eigenvalue weighted by Crippen LogP contribution is -2.58. The van der Waals surface area contributed by atoms with E-state index in [4.69, 9.17) is 4.74 Å². The Balaban J connectivity index is 1.16. The Hall–Kier alpha value is -1.86. The fourth-order valence-electron chi connectivity index (χ4n) is 5.94. The van der Waals surface area contributed by atoms with Gasteiger partial charge in [-0.1, -0.05) is 11.6 Å². The molecular formula is C23H33N5O2. The van der Waals surface area contributed by atoms with Crippen molar-refractivity contribution in [2.75, 3.05) is 39.3 Å². The number of nitrogens with zero attached hydrogens (tertiary/aromatic N) is 3. The maximum atomic E-state index is 13.3. The number of amides is 1. The van der Waals surface area contributed by atoms with Crippen molar-refractivity contribution in [1.82, 2.24) is 25.3 Å². The SMILES string of the molecule is O=C(NC1C2CC=C3C(C2)CC31)c1cnn(CCN2CCNCC2)c1OCC1CC1. The Bertz CT molecular complexity index is 839. The van der Waals surface area contributed by atoms with Gasteiger partial charge in [0, 0.05) is 44.7 Å². The Labute approximate surface area is 178 Å². The summed E-state index contributed by atoms with van der Waals surface area (Å²) in [6.07, 6.45) is 10.3. The minimum absolute atomic E-state index is 0.00387. The summed E-state index contributed by atoms with van der Waals surface area (Å²) in [5, 5.41) is 11.3. The highest BCUT2D eigenvalue weighted by atomic mass is 16.5. The zero-order valence-corrected chi connectivity index (χ0v) is 17.7. The molecular weight excluding hydrogens is 378 g/mol. The van der Waals surface area contributed by atoms with Gasteiger partial charge in [0.15, 0.2) is 0 Å². The predicted molar refractivity (Wildman–Crippen MR) is 113 cm³/mol. The molecule has 6 aliphatic rings. The van der Waals surface area contributed by atoms with Crippen LogP contribution in [-0.4, -0.2) is 66.0 Å². The summed E-state index contributed by atoms with van der Waals surface area (Å²) in [6, 6.07) is 0.294. The molecule has 1 aliphatic heterocycles. The van der Waals surface area contributed by atoms with Gasteiger partial charge in [-0.2, -0.15) is 5.10 Å². The summed E-state index contributed by atoms with van der Waals surface area (Å²) in [6.45, 7) is 6.60. The molecule has 5 aliphatic carbocycles. The lowest BCUT2D eigenvalue weighted by atomic mass is 9.51. The molecule has 4 unspecified atom stereocenters. The van der Waals surface area contributed by atoms with Crippen molar-refractivity contribution in [2.24, 2.45) is 23.7 Å². The van der Waals surface area contributed by atoms with Crippen LogP contribution in [0.5, 0.6) is 5.88 Å². The first-order valence-electron chi connectivity index (χ1n) is 11.9. The lowest BCUT2D eigenvalue weighted by molar-refractivity contribution is 0.0624. The summed E-state index contributed by atoms with van der Waals surface area (Å²) in [5.74, 6) is 3.30. The fraction of sp³-hybridized carbons (Fsp3) is 0.739. The average Bonchev–Trinajstić information content (AvgIpc) is 3.50. The molecule has 7 rings (SSSR count). The van der Waals surface area contributed by atoms with Crippen molar-refractivity contribution in [2.45, 2.75) is 44.7 Å². The van der Waals surface area contributed by atoms with Crippen LogP contribution in [0.1, 0.15) is 42.5 Å². The third-order valence-corrected chi connectivity index (χ3v) is 7.95. The van der Waals surface area contributed by atoms with Crippen LogP contribution >= 0.6 is 0 Å². The second-order valence-corrected chi connectivity index (χ2v) is 9.91. The summed E-state index contributed by atoms with van der Waals surface area (Å²) < 4.78 is 8.09. The smallest absolute Gasteiger partial charge is 0.258 e. The predicted octanol–water partition coefficient (Wildman–Crippen LogP) is 1.66. The van der Waals surface area contributed by atoms with E-state index in [1.807, 2.05) is 4.68 Å². The number of nitrogens with one attached hydrogen (secondary N) is 2. The lowest BCUT2D eigenvalue weighted by Gasteiger charge is -2.56. The molecule has 1 amide bonds. The number of fused-ring (bicyclic) bond motifs is 1. The van der Waals surface area contributed by atoms with E-state index in [0.717, 1.165) is 51.6 Å². The molecule has 0 radical (unpaired) electrons. The molecule has 1 aromatic heterocycles. The first-order chi connectivity index (χ1) is 14.8. The molecule has 7 heteroatoms. The van der Waals surface area contributed by atoms with Crippen molar-refractivity contribution < 1.29 is 9.53 Å². The van der Waals surface area contributed by atoms with Gasteiger partial charge in [-0.3, -0.25) is 9.69 Å². The quantitative estimate of drug-likeness (QED) is 0.637. The normalized spacial score (nSPS) is 32.5. The molecule has 1 aromatic rings. The molecule has 2 N–H and O–H groups in total. The number of carbonyl (C=O) groups excluding carboxylic acids is 1. The van der Waals surface area contributed by atoms with Crippen molar-refractivity contribution in [3.63, 3.8) is 0 Å². The third kappa shape index (κ3) is 3.46. The Kier molecular flexibility index (Phi) is 4.83. The standard InChI is InChI=1S/C23H33N5O2/c29-22(26-21-16-3-4-18-17(11-16)12-19(18)21)20-13-25-28(23(20)30-14-15-1-2-15)10-9-27-7-5-24-6-8-27/h4,13,15-17,19,21,24H,1-3,5-12,14H2,(H,26,29). The number of rotatable bonds is 8. The van der Waals surface area contributed by atoms with E-state index in [1.54, 1.807) is 11.8 Å². The third-order valence-electron chi connectivity index (χ3n) is 7.95. The van der Waals surface area contributed by atoms with Gasteiger partial charge in [-0.05, 0) is 49.9 Å². The maximum Gasteiger partial charge on any atom is 0.258 e.